The number of hydrogen-bond donors (Lipinski definition) is 1. The quantitative estimate of drug-likeness (QED) is 0.0240. The van der Waals surface area contributed by atoms with Gasteiger partial charge in [-0.25, -0.2) is 13.9 Å². The Morgan fingerprint density at radius 2 is 1.94 bits per heavy atom. The number of thiol groups is 1. The Morgan fingerprint density at radius 3 is 2.63 bits per heavy atom. The molecule has 0 aliphatic carbocycles. The van der Waals surface area contributed by atoms with Crippen molar-refractivity contribution in [1.82, 2.24) is 28.9 Å². The van der Waals surface area contributed by atoms with Crippen LogP contribution in [0.3, 0.4) is 0 Å². The summed E-state index contributed by atoms with van der Waals surface area (Å²) in [5.41, 5.74) is 1.91. The zero-order chi connectivity index (χ0) is 44.2. The molecule has 6 aromatic rings. The summed E-state index contributed by atoms with van der Waals surface area (Å²) in [6.45, 7) is 7.10. The number of halogens is 4. The maximum absolute atomic E-state index is 16.5. The number of carbonyl (C=O) groups is 1. The van der Waals surface area contributed by atoms with Crippen LogP contribution in [0.4, 0.5) is 17.6 Å². The van der Waals surface area contributed by atoms with Crippen molar-refractivity contribution in [3.8, 4) is 17.3 Å². The predicted molar refractivity (Wildman–Crippen MR) is 238 cm³/mol. The average molecular weight is 1100 g/mol. The zero-order valence-electron chi connectivity index (χ0n) is 35.4. The number of carbonyl (C=O) groups excluding carboxylic acids is 1. The first kappa shape index (κ1) is 48.4. The molecule has 3 aromatic heterocycles. The Bertz CT molecular complexity index is 2610. The van der Waals surface area contributed by atoms with Gasteiger partial charge in [-0.2, -0.15) is 10.2 Å². The Kier molecular flexibility index (Phi) is 16.0. The molecule has 1 N–H and O–H groups in total. The van der Waals surface area contributed by atoms with E-state index in [0.717, 1.165) is 23.8 Å². The molecule has 7 rings (SSSR count). The van der Waals surface area contributed by atoms with E-state index in [2.05, 4.69) is 24.6 Å². The van der Waals surface area contributed by atoms with Gasteiger partial charge >= 0.3 is 195 Å². The minimum absolute atomic E-state index is 0. The van der Waals surface area contributed by atoms with E-state index >= 15 is 17.6 Å². The van der Waals surface area contributed by atoms with Crippen molar-refractivity contribution in [2.45, 2.75) is 76.1 Å². The molecule has 1 saturated heterocycles. The summed E-state index contributed by atoms with van der Waals surface area (Å²) in [7, 11) is 7.89. The normalized spacial score (nSPS) is 16.2. The maximum Gasteiger partial charge on any atom is 0 e. The van der Waals surface area contributed by atoms with Gasteiger partial charge < -0.3 is 9.47 Å². The number of fused-ring (bicyclic) bond motifs is 1. The monoisotopic (exact) mass is 1100 g/mol. The van der Waals surface area contributed by atoms with Crippen LogP contribution in [-0.2, 0) is 48.8 Å². The first-order valence-electron chi connectivity index (χ1n) is 20.2. The molecule has 1 radical (unpaired) electrons. The number of ether oxygens (including phenoxy) is 4. The van der Waals surface area contributed by atoms with Crippen molar-refractivity contribution in [3.05, 3.63) is 125 Å². The average Bonchev–Trinajstić information content (AvgIpc) is 4.05. The Balaban J connectivity index is 0.00000661. The number of aromatic nitrogens is 6. The first-order valence-corrected chi connectivity index (χ1v) is 22.2. The molecule has 0 bridgehead atoms. The minimum Gasteiger partial charge on any atom is 0 e. The Morgan fingerprint density at radius 1 is 1.13 bits per heavy atom. The van der Waals surface area contributed by atoms with Gasteiger partial charge in [-0.15, -0.1) is 0 Å². The molecule has 1 aliphatic rings. The molecular formula is C45H48F4N6O5PSTl-. The molecule has 0 saturated carbocycles. The zero-order valence-corrected chi connectivity index (χ0v) is 41.6. The van der Waals surface area contributed by atoms with Crippen LogP contribution in [0.15, 0.2) is 79.6 Å². The van der Waals surface area contributed by atoms with Gasteiger partial charge in [0.25, 0.3) is 5.92 Å². The Hall–Kier alpha value is -4.10. The smallest absolute Gasteiger partial charge is 0 e. The minimum atomic E-state index is -3.28. The van der Waals surface area contributed by atoms with Crippen LogP contribution in [0.25, 0.3) is 28.4 Å². The van der Waals surface area contributed by atoms with Gasteiger partial charge in [0, 0.05) is 46.8 Å². The first-order chi connectivity index (χ1) is 29.7. The number of H-pyrrole nitrogens is 1. The van der Waals surface area contributed by atoms with E-state index in [9.17, 15) is 4.79 Å². The number of nitrogens with zero attached hydrogens (tertiary/aromatic N) is 5. The second-order valence-corrected chi connectivity index (χ2v) is 16.9. The summed E-state index contributed by atoms with van der Waals surface area (Å²) in [4.78, 5) is 17.2. The van der Waals surface area contributed by atoms with Gasteiger partial charge in [-0.3, -0.25) is 4.79 Å². The number of alkyl halides is 2. The van der Waals surface area contributed by atoms with Crippen molar-refractivity contribution in [3.63, 3.8) is 0 Å². The van der Waals surface area contributed by atoms with Gasteiger partial charge in [0.15, 0.2) is 12.4 Å². The molecule has 4 atom stereocenters. The molecule has 0 amide bonds. The van der Waals surface area contributed by atoms with E-state index in [0.29, 0.717) is 52.6 Å². The number of hydrogen-bond acceptors (Lipinski definition) is 9. The summed E-state index contributed by atoms with van der Waals surface area (Å²) >= 11 is 0. The molecule has 0 spiro atoms. The number of aromatic amines is 1. The third-order valence-corrected chi connectivity index (χ3v) is 12.5. The molecule has 1 fully saturated rings. The topological polar surface area (TPSA) is 118 Å². The molecule has 331 valence electrons. The molecule has 63 heavy (non-hydrogen) atoms. The van der Waals surface area contributed by atoms with Crippen LogP contribution < -0.4 is 4.74 Å². The Labute approximate surface area is 388 Å². The van der Waals surface area contributed by atoms with Crippen molar-refractivity contribution >= 4 is 69.0 Å². The molecule has 11 nitrogen and oxygen atoms in total. The molecule has 18 heteroatoms. The number of rotatable bonds is 17. The van der Waals surface area contributed by atoms with Crippen LogP contribution in [-0.4, -0.2) is 94.7 Å². The number of aryl methyl sites for hydroxylation is 1. The third-order valence-electron chi connectivity index (χ3n) is 11.4. The van der Waals surface area contributed by atoms with Crippen molar-refractivity contribution < 1.29 is 41.3 Å². The van der Waals surface area contributed by atoms with Gasteiger partial charge in [0.2, 0.25) is 5.88 Å². The predicted octanol–water partition coefficient (Wildman–Crippen LogP) is 9.39. The third kappa shape index (κ3) is 10.7. The van der Waals surface area contributed by atoms with Crippen molar-refractivity contribution in [2.24, 2.45) is 13.0 Å². The second-order valence-electron chi connectivity index (χ2n) is 15.7. The SMILES string of the molecule is C=Cc1c(C(OC2CCCCO2)c2ccc(F)c(-c3nc(C(C)(CCC(F)(F)COc4ccn[nH]4)c4cccc(C[C@H](C)C(=O)OC)c4)nn3C)c2)c(F)cc2c1ccn2[SH-]#P.[Tl]. The summed E-state index contributed by atoms with van der Waals surface area (Å²) in [5.74, 6) is -4.96. The van der Waals surface area contributed by atoms with E-state index in [1.807, 2.05) is 18.2 Å². The largest absolute Gasteiger partial charge is 0 e. The van der Waals surface area contributed by atoms with E-state index in [-0.39, 0.29) is 68.3 Å². The van der Waals surface area contributed by atoms with E-state index in [1.165, 1.54) is 42.3 Å². The van der Waals surface area contributed by atoms with Crippen LogP contribution in [0.1, 0.15) is 85.7 Å². The van der Waals surface area contributed by atoms with Crippen molar-refractivity contribution in [2.75, 3.05) is 20.3 Å². The van der Waals surface area contributed by atoms with E-state index in [4.69, 9.17) is 29.0 Å². The summed E-state index contributed by atoms with van der Waals surface area (Å²) in [6, 6.07) is 16.4. The molecular weight excluding hydrogens is 1050 g/mol. The standard InChI is InChI=1S/C45H48F4N6O5PS.Tl/c1-6-31-32-16-20-55(62-61)36(32)25-35(47)39(31)40(60-38-12-7-8-21-58-38)29-13-14-34(46)33(24-29)41-51-43(53-54(41)4)44(3,17-18-45(48,49)26-59-37-15-19-50-52-37)30-11-9-10-28(23-30)22-27(2)42(56)57-5;/h6,9-11,13-16,19-20,23-25,27,38,40,62H,1,7-8,12,17-18,21-22,26H2,2-5H3,(H,50,52);/q-1;/t27-,38?,40?,44?;/m0./s1. The van der Waals surface area contributed by atoms with Crippen LogP contribution in [0.5, 0.6) is 5.88 Å². The van der Waals surface area contributed by atoms with Crippen LogP contribution in [0, 0.1) is 17.6 Å². The van der Waals surface area contributed by atoms with Crippen molar-refractivity contribution in [1.29, 1.82) is 0 Å². The van der Waals surface area contributed by atoms with Gasteiger partial charge in [0.1, 0.15) is 0 Å². The fourth-order valence-electron chi connectivity index (χ4n) is 7.93. The maximum atomic E-state index is 16.5. The van der Waals surface area contributed by atoms with Gasteiger partial charge in [-0.1, -0.05) is 31.2 Å². The second kappa shape index (κ2) is 20.8. The molecule has 3 unspecified atom stereocenters. The van der Waals surface area contributed by atoms with E-state index in [1.54, 1.807) is 55.3 Å². The molecule has 4 heterocycles. The fraction of sp³-hybridized carbons (Fsp3) is 0.378. The summed E-state index contributed by atoms with van der Waals surface area (Å²) in [6.07, 6.45) is 4.91. The number of nitrogens with one attached hydrogen (secondary N) is 1. The number of methoxy groups -OCH3 is 1. The molecule has 3 aromatic carbocycles. The summed E-state index contributed by atoms with van der Waals surface area (Å²) < 4.78 is 90.0. The van der Waals surface area contributed by atoms with E-state index < -0.39 is 54.3 Å². The van der Waals surface area contributed by atoms with Gasteiger partial charge in [0.05, 0.1) is 24.6 Å². The van der Waals surface area contributed by atoms with Gasteiger partial charge in [-0.05, 0) is 30.9 Å². The fourth-order valence-corrected chi connectivity index (χ4v) is 8.79. The van der Waals surface area contributed by atoms with Crippen LogP contribution in [0.2, 0.25) is 0 Å². The summed E-state index contributed by atoms with van der Waals surface area (Å²) in [5, 5.41) is 11.8. The number of esters is 1. The number of benzene rings is 3. The van der Waals surface area contributed by atoms with Crippen LogP contribution >= 0.6 is 7.81 Å². The molecule has 1 aliphatic heterocycles.